The molecule has 0 amide bonds. The molecule has 2 rings (SSSR count). The monoisotopic (exact) mass is 307 g/mol. The Hall–Kier alpha value is -1.52. The maximum Gasteiger partial charge on any atom is 0.118 e. The van der Waals surface area contributed by atoms with Gasteiger partial charge in [-0.3, -0.25) is 4.68 Å². The Kier molecular flexibility index (Phi) is 5.26. The van der Waals surface area contributed by atoms with Crippen molar-refractivity contribution in [2.75, 3.05) is 7.11 Å². The summed E-state index contributed by atoms with van der Waals surface area (Å²) in [7, 11) is 3.60. The van der Waals surface area contributed by atoms with Gasteiger partial charge in [-0.1, -0.05) is 30.7 Å². The molecule has 0 radical (unpaired) electrons. The quantitative estimate of drug-likeness (QED) is 0.888. The molecule has 0 aliphatic heterocycles. The van der Waals surface area contributed by atoms with Crippen LogP contribution in [-0.4, -0.2) is 16.9 Å². The zero-order valence-corrected chi connectivity index (χ0v) is 13.7. The Bertz CT molecular complexity index is 592. The Morgan fingerprint density at radius 2 is 2.00 bits per heavy atom. The van der Waals surface area contributed by atoms with E-state index in [2.05, 4.69) is 36.4 Å². The number of aromatic nitrogens is 2. The third-order valence-electron chi connectivity index (χ3n) is 3.69. The van der Waals surface area contributed by atoms with Crippen molar-refractivity contribution < 1.29 is 4.74 Å². The zero-order chi connectivity index (χ0) is 15.4. The van der Waals surface area contributed by atoms with Crippen LogP contribution in [0, 0.1) is 0 Å². The van der Waals surface area contributed by atoms with Crippen LogP contribution >= 0.6 is 11.6 Å². The molecule has 0 saturated heterocycles. The van der Waals surface area contributed by atoms with E-state index in [1.807, 2.05) is 23.9 Å². The number of hydrogen-bond acceptors (Lipinski definition) is 3. The first-order chi connectivity index (χ1) is 10.1. The number of ether oxygens (including phenoxy) is 1. The molecule has 0 aliphatic rings. The first kappa shape index (κ1) is 15.9. The zero-order valence-electron chi connectivity index (χ0n) is 13.0. The van der Waals surface area contributed by atoms with Crippen LogP contribution in [0.2, 0.25) is 5.02 Å². The summed E-state index contributed by atoms with van der Waals surface area (Å²) in [5.74, 6) is 0.869. The van der Waals surface area contributed by atoms with Crippen molar-refractivity contribution in [1.29, 1.82) is 0 Å². The highest BCUT2D eigenvalue weighted by atomic mass is 35.5. The average Bonchev–Trinajstić information content (AvgIpc) is 2.79. The van der Waals surface area contributed by atoms with Gasteiger partial charge < -0.3 is 10.1 Å². The summed E-state index contributed by atoms with van der Waals surface area (Å²) in [6.07, 6.45) is 0.848. The average molecular weight is 308 g/mol. The molecule has 1 atom stereocenters. The van der Waals surface area contributed by atoms with Gasteiger partial charge in [0.25, 0.3) is 0 Å². The lowest BCUT2D eigenvalue weighted by molar-refractivity contribution is 0.414. The van der Waals surface area contributed by atoms with Gasteiger partial charge in [-0.2, -0.15) is 5.10 Å². The summed E-state index contributed by atoms with van der Waals surface area (Å²) >= 11 is 6.36. The number of rotatable bonds is 6. The summed E-state index contributed by atoms with van der Waals surface area (Å²) in [6.45, 7) is 4.88. The second-order valence-corrected chi connectivity index (χ2v) is 5.44. The number of hydrogen-bond donors (Lipinski definition) is 1. The van der Waals surface area contributed by atoms with E-state index < -0.39 is 0 Å². The van der Waals surface area contributed by atoms with Crippen LogP contribution in [0.4, 0.5) is 0 Å². The molecule has 1 aromatic heterocycles. The van der Waals surface area contributed by atoms with Gasteiger partial charge in [0.2, 0.25) is 0 Å². The molecule has 0 saturated carbocycles. The highest BCUT2D eigenvalue weighted by molar-refractivity contribution is 6.31. The number of halogens is 1. The van der Waals surface area contributed by atoms with Crippen molar-refractivity contribution in [1.82, 2.24) is 15.1 Å². The predicted octanol–water partition coefficient (Wildman–Crippen LogP) is 3.50. The summed E-state index contributed by atoms with van der Waals surface area (Å²) in [5.41, 5.74) is 3.19. The van der Waals surface area contributed by atoms with Gasteiger partial charge in [0.15, 0.2) is 0 Å². The van der Waals surface area contributed by atoms with Gasteiger partial charge >= 0.3 is 0 Å². The van der Waals surface area contributed by atoms with Crippen LogP contribution in [0.15, 0.2) is 24.3 Å². The topological polar surface area (TPSA) is 39.1 Å². The second-order valence-electron chi connectivity index (χ2n) is 5.06. The lowest BCUT2D eigenvalue weighted by atomic mass is 10.1. The minimum absolute atomic E-state index is 0.229. The first-order valence-corrected chi connectivity index (χ1v) is 7.52. The summed E-state index contributed by atoms with van der Waals surface area (Å²) in [4.78, 5) is 0. The second kappa shape index (κ2) is 6.96. The smallest absolute Gasteiger partial charge is 0.118 e. The van der Waals surface area contributed by atoms with Crippen molar-refractivity contribution >= 4 is 11.6 Å². The third kappa shape index (κ3) is 3.57. The standard InChI is InChI=1S/C16H22ClN3O/c1-5-14-16(17)15(20(3)19-14)10-18-11(2)12-6-8-13(21-4)9-7-12/h6-9,11,18H,5,10H2,1-4H3. The van der Waals surface area contributed by atoms with Gasteiger partial charge in [0, 0.05) is 19.6 Å². The Morgan fingerprint density at radius 3 is 2.52 bits per heavy atom. The molecule has 4 nitrogen and oxygen atoms in total. The van der Waals surface area contributed by atoms with Gasteiger partial charge in [0.05, 0.1) is 23.5 Å². The maximum atomic E-state index is 6.36. The van der Waals surface area contributed by atoms with E-state index >= 15 is 0 Å². The molecule has 0 fully saturated rings. The first-order valence-electron chi connectivity index (χ1n) is 7.14. The Labute approximate surface area is 131 Å². The fraction of sp³-hybridized carbons (Fsp3) is 0.438. The molecule has 1 aromatic carbocycles. The number of nitrogens with zero attached hydrogens (tertiary/aromatic N) is 2. The van der Waals surface area contributed by atoms with Gasteiger partial charge in [-0.25, -0.2) is 0 Å². The molecule has 114 valence electrons. The lowest BCUT2D eigenvalue weighted by Crippen LogP contribution is -2.20. The third-order valence-corrected chi connectivity index (χ3v) is 4.13. The van der Waals surface area contributed by atoms with E-state index in [9.17, 15) is 0 Å². The fourth-order valence-electron chi connectivity index (χ4n) is 2.27. The number of benzene rings is 1. The Balaban J connectivity index is 2.03. The molecule has 5 heteroatoms. The largest absolute Gasteiger partial charge is 0.497 e. The van der Waals surface area contributed by atoms with Crippen molar-refractivity contribution in [3.63, 3.8) is 0 Å². The van der Waals surface area contributed by atoms with Gasteiger partial charge in [-0.05, 0) is 31.0 Å². The summed E-state index contributed by atoms with van der Waals surface area (Å²) < 4.78 is 7.03. The fourth-order valence-corrected chi connectivity index (χ4v) is 2.63. The Morgan fingerprint density at radius 1 is 1.33 bits per heavy atom. The van der Waals surface area contributed by atoms with E-state index in [1.165, 1.54) is 5.56 Å². The number of methoxy groups -OCH3 is 1. The van der Waals surface area contributed by atoms with Crippen LogP contribution in [0.3, 0.4) is 0 Å². The lowest BCUT2D eigenvalue weighted by Gasteiger charge is -2.15. The van der Waals surface area contributed by atoms with E-state index in [4.69, 9.17) is 16.3 Å². The molecule has 0 spiro atoms. The minimum Gasteiger partial charge on any atom is -0.497 e. The molecule has 1 unspecified atom stereocenters. The molecule has 1 N–H and O–H groups in total. The number of aryl methyl sites for hydroxylation is 2. The molecule has 1 heterocycles. The van der Waals surface area contributed by atoms with E-state index in [1.54, 1.807) is 7.11 Å². The van der Waals surface area contributed by atoms with E-state index in [-0.39, 0.29) is 6.04 Å². The number of nitrogens with one attached hydrogen (secondary N) is 1. The van der Waals surface area contributed by atoms with Crippen molar-refractivity contribution in [2.24, 2.45) is 7.05 Å². The van der Waals surface area contributed by atoms with Crippen LogP contribution in [0.25, 0.3) is 0 Å². The SMILES string of the molecule is CCc1nn(C)c(CNC(C)c2ccc(OC)cc2)c1Cl. The van der Waals surface area contributed by atoms with Gasteiger partial charge in [0.1, 0.15) is 5.75 Å². The van der Waals surface area contributed by atoms with Crippen molar-refractivity contribution in [2.45, 2.75) is 32.9 Å². The molecular weight excluding hydrogens is 286 g/mol. The molecule has 0 bridgehead atoms. The van der Waals surface area contributed by atoms with Crippen molar-refractivity contribution in [3.8, 4) is 5.75 Å². The van der Waals surface area contributed by atoms with Crippen LogP contribution in [0.5, 0.6) is 5.75 Å². The van der Waals surface area contributed by atoms with Crippen LogP contribution in [0.1, 0.15) is 36.8 Å². The molecule has 0 aliphatic carbocycles. The predicted molar refractivity (Wildman–Crippen MR) is 85.8 cm³/mol. The van der Waals surface area contributed by atoms with Crippen molar-refractivity contribution in [3.05, 3.63) is 46.2 Å². The maximum absolute atomic E-state index is 6.36. The van der Waals surface area contributed by atoms with Gasteiger partial charge in [-0.15, -0.1) is 0 Å². The highest BCUT2D eigenvalue weighted by Crippen LogP contribution is 2.22. The summed E-state index contributed by atoms with van der Waals surface area (Å²) in [5, 5.41) is 8.69. The molecule has 21 heavy (non-hydrogen) atoms. The minimum atomic E-state index is 0.229. The van der Waals surface area contributed by atoms with E-state index in [0.717, 1.165) is 28.6 Å². The van der Waals surface area contributed by atoms with Crippen LogP contribution in [-0.2, 0) is 20.0 Å². The normalized spacial score (nSPS) is 12.4. The molecule has 2 aromatic rings. The molecular formula is C16H22ClN3O. The summed E-state index contributed by atoms with van der Waals surface area (Å²) in [6, 6.07) is 8.31. The van der Waals surface area contributed by atoms with Crippen LogP contribution < -0.4 is 10.1 Å². The van der Waals surface area contributed by atoms with E-state index in [0.29, 0.717) is 6.54 Å². The highest BCUT2D eigenvalue weighted by Gasteiger charge is 2.14.